The summed E-state index contributed by atoms with van der Waals surface area (Å²) in [5, 5.41) is 34.6. The fraction of sp³-hybridized carbons (Fsp3) is 0.596. The van der Waals surface area contributed by atoms with Gasteiger partial charge in [-0.1, -0.05) is 77.9 Å². The number of aromatic nitrogens is 2. The highest BCUT2D eigenvalue weighted by Gasteiger charge is 2.47. The number of carbonyl (C=O) groups is 7. The van der Waals surface area contributed by atoms with E-state index in [1.165, 1.54) is 11.4 Å². The van der Waals surface area contributed by atoms with Gasteiger partial charge in [-0.15, -0.1) is 0 Å². The molecule has 6 aliphatic rings. The van der Waals surface area contributed by atoms with Crippen molar-refractivity contribution >= 4 is 41.1 Å². The van der Waals surface area contributed by atoms with Crippen LogP contribution in [0.25, 0.3) is 0 Å². The predicted molar refractivity (Wildman–Crippen MR) is 441 cm³/mol. The third-order valence-electron chi connectivity index (χ3n) is 23.6. The standard InChI is InChI=1S/C32H46N6O2.C31H44N6O2.C19H25N3O2.C7H14N2O/c1-22(2)13-31(39)38(19-27-10-8-9-26(14-27)16-33)29-15-30(32(40)37-18-24(4)34(6)17-25(37)5)36(21-29)20-28-12-11-23(3)35(28)7;1-21(2)12-30(38)37(18-26-9-7-8-25(13-26)15-32)28-14-29(31(39)36-17-22(3)33-16-24(36)5)35(20-28)19-27-11-10-23(4)34(27)6;1-13(2)7-19(24)22(17-9-18(14(3)23)21-11-17)12-16-6-4-5-15(8-16)10-20;1-5(10)7-3-6(8)4-9(7)2/h8-12,14,22,24-25,29-30H,13,15,17-21H2,1-7H3;7-11,13,21-22,24,28-29,33H,12,14,16-20H2,1-6H3;4-6,8,13,17-18,21H,7,9,11-12H2,1-3H3;6-7H,3-4,8H2,1-2H3/t24?,25?,29-,30-;22?,24?,28-,29-;17-,18-;6-,7-/m0000/s1. The quantitative estimate of drug-likeness (QED) is 0.0550. The maximum atomic E-state index is 14.2. The van der Waals surface area contributed by atoms with Crippen molar-refractivity contribution in [2.45, 2.75) is 247 Å². The second-order valence-electron chi connectivity index (χ2n) is 34.3. The van der Waals surface area contributed by atoms with Crippen molar-refractivity contribution in [3.8, 4) is 18.2 Å². The number of likely N-dealkylation sites (N-methyl/N-ethyl adjacent to an activating group) is 2. The van der Waals surface area contributed by atoms with Gasteiger partial charge in [0.15, 0.2) is 0 Å². The van der Waals surface area contributed by atoms with Gasteiger partial charge >= 0.3 is 0 Å². The Labute approximate surface area is 673 Å². The minimum atomic E-state index is -0.294. The number of hydrogen-bond acceptors (Lipinski definition) is 17. The van der Waals surface area contributed by atoms with E-state index in [0.717, 1.165) is 54.1 Å². The molecule has 0 spiro atoms. The normalized spacial score (nSPS) is 24.0. The summed E-state index contributed by atoms with van der Waals surface area (Å²) in [5.74, 6) is 1.72. The minimum Gasteiger partial charge on any atom is -0.351 e. The van der Waals surface area contributed by atoms with E-state index < -0.39 is 0 Å². The molecule has 0 bridgehead atoms. The molecular formula is C89H129N17O7. The molecule has 2 aromatic heterocycles. The molecular weight excluding hydrogens is 1420 g/mol. The first-order chi connectivity index (χ1) is 53.6. The Morgan fingerprint density at radius 1 is 0.469 bits per heavy atom. The number of hydrogen-bond donors (Lipinski definition) is 3. The molecule has 4 N–H and O–H groups in total. The van der Waals surface area contributed by atoms with Gasteiger partial charge in [0.05, 0.1) is 59.1 Å². The number of amides is 5. The Hall–Kier alpha value is -8.90. The topological polar surface area (TPSA) is 280 Å². The number of nitrogens with one attached hydrogen (secondary N) is 2. The van der Waals surface area contributed by atoms with Crippen LogP contribution >= 0.6 is 0 Å². The van der Waals surface area contributed by atoms with Crippen molar-refractivity contribution in [3.63, 3.8) is 0 Å². The van der Waals surface area contributed by atoms with Crippen LogP contribution in [-0.2, 0) is 80.4 Å². The number of Topliss-reactive ketones (excluding diaryl/α,β-unsaturated/α-hetero) is 2. The van der Waals surface area contributed by atoms with Crippen LogP contribution in [0.5, 0.6) is 0 Å². The first-order valence-corrected chi connectivity index (χ1v) is 40.9. The van der Waals surface area contributed by atoms with Gasteiger partial charge in [0, 0.05) is 190 Å². The molecule has 3 aromatic carbocycles. The van der Waals surface area contributed by atoms with Crippen LogP contribution in [0.1, 0.15) is 184 Å². The first kappa shape index (κ1) is 89.6. The third kappa shape index (κ3) is 24.6. The molecule has 113 heavy (non-hydrogen) atoms. The Kier molecular flexibility index (Phi) is 32.9. The van der Waals surface area contributed by atoms with Crippen LogP contribution < -0.4 is 16.4 Å². The summed E-state index contributed by atoms with van der Waals surface area (Å²) in [7, 11) is 8.20. The zero-order chi connectivity index (χ0) is 82.8. The van der Waals surface area contributed by atoms with Gasteiger partial charge in [-0.3, -0.25) is 53.2 Å². The lowest BCUT2D eigenvalue weighted by Gasteiger charge is -2.44. The van der Waals surface area contributed by atoms with E-state index in [1.807, 2.05) is 100.0 Å². The van der Waals surface area contributed by atoms with Crippen molar-refractivity contribution in [2.75, 3.05) is 66.5 Å². The Bertz CT molecular complexity index is 4200. The summed E-state index contributed by atoms with van der Waals surface area (Å²) >= 11 is 0. The van der Waals surface area contributed by atoms with E-state index in [-0.39, 0.29) is 125 Å². The third-order valence-corrected chi connectivity index (χ3v) is 23.6. The van der Waals surface area contributed by atoms with Crippen LogP contribution in [-0.4, -0.2) is 233 Å². The number of piperazine rings is 2. The number of nitrogens with two attached hydrogens (primary N) is 1. The maximum Gasteiger partial charge on any atom is 0.240 e. The average Bonchev–Trinajstić information content (AvgIpc) is 1.67. The van der Waals surface area contributed by atoms with Gasteiger partial charge in [-0.2, -0.15) is 15.8 Å². The fourth-order valence-electron chi connectivity index (χ4n) is 16.7. The number of benzene rings is 3. The molecule has 11 rings (SSSR count). The van der Waals surface area contributed by atoms with Crippen molar-refractivity contribution < 1.29 is 33.6 Å². The lowest BCUT2D eigenvalue weighted by Crippen LogP contribution is -2.59. The smallest absolute Gasteiger partial charge is 0.240 e. The second kappa shape index (κ2) is 41.4. The Morgan fingerprint density at radius 3 is 1.23 bits per heavy atom. The molecule has 4 unspecified atom stereocenters. The van der Waals surface area contributed by atoms with Gasteiger partial charge < -0.3 is 50.0 Å². The Morgan fingerprint density at radius 2 is 0.885 bits per heavy atom. The van der Waals surface area contributed by atoms with Gasteiger partial charge in [-0.05, 0) is 190 Å². The molecule has 0 radical (unpaired) electrons. The molecule has 612 valence electrons. The number of nitriles is 3. The van der Waals surface area contributed by atoms with E-state index in [9.17, 15) is 44.1 Å². The van der Waals surface area contributed by atoms with Crippen LogP contribution in [0.3, 0.4) is 0 Å². The van der Waals surface area contributed by atoms with E-state index in [0.29, 0.717) is 127 Å². The lowest BCUT2D eigenvalue weighted by molar-refractivity contribution is -0.142. The van der Waals surface area contributed by atoms with Crippen molar-refractivity contribution in [2.24, 2.45) is 37.6 Å². The van der Waals surface area contributed by atoms with Crippen molar-refractivity contribution in [1.82, 2.24) is 63.9 Å². The van der Waals surface area contributed by atoms with Crippen molar-refractivity contribution in [3.05, 3.63) is 153 Å². The maximum absolute atomic E-state index is 14.2. The molecule has 24 heteroatoms. The highest BCUT2D eigenvalue weighted by molar-refractivity contribution is 5.85. The summed E-state index contributed by atoms with van der Waals surface area (Å²) in [6.45, 7) is 36.7. The number of nitrogens with zero attached hydrogens (tertiary/aromatic N) is 14. The highest BCUT2D eigenvalue weighted by Crippen LogP contribution is 2.33. The summed E-state index contributed by atoms with van der Waals surface area (Å²) in [6.07, 6.45) is 4.09. The predicted octanol–water partition coefficient (Wildman–Crippen LogP) is 9.07. The Balaban J connectivity index is 0.000000205. The first-order valence-electron chi connectivity index (χ1n) is 40.9. The highest BCUT2D eigenvalue weighted by atomic mass is 16.2. The van der Waals surface area contributed by atoms with Gasteiger partial charge in [0.2, 0.25) is 29.5 Å². The summed E-state index contributed by atoms with van der Waals surface area (Å²) in [6, 6.07) is 37.6. The molecule has 8 heterocycles. The van der Waals surface area contributed by atoms with Crippen LogP contribution in [0.15, 0.2) is 97.1 Å². The largest absolute Gasteiger partial charge is 0.351 e. The molecule has 24 nitrogen and oxygen atoms in total. The average molecular weight is 1550 g/mol. The SMILES string of the molecule is CC(=O)[C@@H]1C[C@H](N(Cc2cccc(C#N)c2)C(=O)CC(C)C)CN1.CC(=O)[C@@H]1C[C@H](N)CN1C.Cc1ccc(CN2C[C@@H](N(Cc3cccc(C#N)c3)C(=O)CC(C)C)C[C@H]2C(=O)N2CC(C)N(C)CC2C)n1C.Cc1ccc(CN2C[C@@H](N(Cc3cccc(C#N)c3)C(=O)CC(C)C)C[C@H]2C(=O)N2CC(C)NCC2C)n1C. The van der Waals surface area contributed by atoms with E-state index >= 15 is 0 Å². The monoisotopic (exact) mass is 1550 g/mol. The molecule has 6 aliphatic heterocycles. The number of aryl methyl sites for hydroxylation is 2. The molecule has 6 fully saturated rings. The van der Waals surface area contributed by atoms with Crippen molar-refractivity contribution in [1.29, 1.82) is 15.8 Å². The fourth-order valence-corrected chi connectivity index (χ4v) is 16.7. The lowest BCUT2D eigenvalue weighted by atomic mass is 10.0. The van der Waals surface area contributed by atoms with E-state index in [2.05, 4.69) is 172 Å². The van der Waals surface area contributed by atoms with E-state index in [1.54, 1.807) is 32.0 Å². The summed E-state index contributed by atoms with van der Waals surface area (Å²) < 4.78 is 4.37. The second-order valence-corrected chi connectivity index (χ2v) is 34.3. The van der Waals surface area contributed by atoms with Gasteiger partial charge in [-0.25, -0.2) is 0 Å². The zero-order valence-electron chi connectivity index (χ0n) is 70.7. The number of rotatable bonds is 23. The van der Waals surface area contributed by atoms with Crippen LogP contribution in [0, 0.1) is 65.6 Å². The zero-order valence-corrected chi connectivity index (χ0v) is 70.7. The molecule has 5 amide bonds. The van der Waals surface area contributed by atoms with Crippen LogP contribution in [0.4, 0.5) is 0 Å². The van der Waals surface area contributed by atoms with Crippen LogP contribution in [0.2, 0.25) is 0 Å². The molecule has 12 atom stereocenters. The number of carbonyl (C=O) groups excluding carboxylic acids is 7. The van der Waals surface area contributed by atoms with Gasteiger partial charge in [0.1, 0.15) is 11.6 Å². The molecule has 0 saturated carbocycles. The molecule has 6 saturated heterocycles. The number of ketones is 2. The van der Waals surface area contributed by atoms with Gasteiger partial charge in [0.25, 0.3) is 0 Å². The molecule has 0 aliphatic carbocycles. The molecule has 5 aromatic rings. The number of likely N-dealkylation sites (tertiary alicyclic amines) is 3. The summed E-state index contributed by atoms with van der Waals surface area (Å²) in [4.78, 5) is 110. The minimum absolute atomic E-state index is 0.0101. The van der Waals surface area contributed by atoms with E-state index in [4.69, 9.17) is 11.0 Å². The summed E-state index contributed by atoms with van der Waals surface area (Å²) in [5.41, 5.74) is 14.9.